The Kier molecular flexibility index (Phi) is 4.22. The summed E-state index contributed by atoms with van der Waals surface area (Å²) in [7, 11) is 0. The molecular weight excluding hydrogens is 250 g/mol. The predicted octanol–water partition coefficient (Wildman–Crippen LogP) is 2.29. The second-order valence-electron chi connectivity index (χ2n) is 5.96. The molecule has 1 N–H and O–H groups in total. The molecule has 1 aromatic rings. The number of rotatable bonds is 3. The number of nitrogens with one attached hydrogen (secondary N) is 1. The largest absolute Gasteiger partial charge is 0.377 e. The van der Waals surface area contributed by atoms with Crippen LogP contribution < -0.4 is 10.2 Å². The van der Waals surface area contributed by atoms with E-state index in [4.69, 9.17) is 9.72 Å². The highest BCUT2D eigenvalue weighted by Gasteiger charge is 2.25. The van der Waals surface area contributed by atoms with Crippen molar-refractivity contribution in [2.24, 2.45) is 0 Å². The van der Waals surface area contributed by atoms with Crippen molar-refractivity contribution >= 4 is 5.82 Å². The lowest BCUT2D eigenvalue weighted by molar-refractivity contribution is 0.0909. The van der Waals surface area contributed by atoms with Crippen molar-refractivity contribution in [3.05, 3.63) is 23.4 Å². The van der Waals surface area contributed by atoms with Gasteiger partial charge in [-0.25, -0.2) is 4.98 Å². The molecule has 0 radical (unpaired) electrons. The van der Waals surface area contributed by atoms with Gasteiger partial charge in [0.05, 0.1) is 24.9 Å². The fraction of sp³-hybridized carbons (Fsp3) is 0.688. The minimum absolute atomic E-state index is 0.483. The molecule has 20 heavy (non-hydrogen) atoms. The fourth-order valence-corrected chi connectivity index (χ4v) is 3.28. The Bertz CT molecular complexity index is 461. The van der Waals surface area contributed by atoms with Gasteiger partial charge >= 0.3 is 0 Å². The third-order valence-electron chi connectivity index (χ3n) is 4.37. The van der Waals surface area contributed by atoms with Gasteiger partial charge in [0.15, 0.2) is 0 Å². The van der Waals surface area contributed by atoms with Crippen molar-refractivity contribution < 1.29 is 4.74 Å². The molecule has 4 nitrogen and oxygen atoms in total. The summed E-state index contributed by atoms with van der Waals surface area (Å²) in [5.74, 6) is 1.64. The molecule has 3 heterocycles. The van der Waals surface area contributed by atoms with Crippen LogP contribution in [0.4, 0.5) is 5.82 Å². The van der Waals surface area contributed by atoms with Gasteiger partial charge in [-0.3, -0.25) is 0 Å². The van der Waals surface area contributed by atoms with Gasteiger partial charge in [-0.2, -0.15) is 0 Å². The molecule has 1 saturated heterocycles. The first kappa shape index (κ1) is 13.8. The number of hydrogen-bond acceptors (Lipinski definition) is 4. The third kappa shape index (κ3) is 2.67. The lowest BCUT2D eigenvalue weighted by Gasteiger charge is -2.37. The molecule has 2 unspecified atom stereocenters. The first-order chi connectivity index (χ1) is 9.79. The summed E-state index contributed by atoms with van der Waals surface area (Å²) in [5.41, 5.74) is 2.63. The molecule has 2 aliphatic rings. The van der Waals surface area contributed by atoms with Gasteiger partial charge in [-0.15, -0.1) is 0 Å². The second kappa shape index (κ2) is 6.10. The number of pyridine rings is 1. The SMILES string of the molecule is CCCC1COCCN1c1ccc2c(n1)C(C)CNC2. The molecular formula is C16H25N3O. The first-order valence-electron chi connectivity index (χ1n) is 7.84. The van der Waals surface area contributed by atoms with E-state index in [1.165, 1.54) is 24.1 Å². The number of morpholine rings is 1. The van der Waals surface area contributed by atoms with Crippen LogP contribution in [-0.4, -0.2) is 37.3 Å². The monoisotopic (exact) mass is 275 g/mol. The van der Waals surface area contributed by atoms with Crippen LogP contribution in [0.2, 0.25) is 0 Å². The molecule has 0 amide bonds. The highest BCUT2D eigenvalue weighted by Crippen LogP contribution is 2.27. The van der Waals surface area contributed by atoms with Gasteiger partial charge in [-0.1, -0.05) is 26.3 Å². The zero-order valence-corrected chi connectivity index (χ0v) is 12.6. The van der Waals surface area contributed by atoms with Crippen molar-refractivity contribution in [3.8, 4) is 0 Å². The lowest BCUT2D eigenvalue weighted by atomic mass is 9.98. The number of anilines is 1. The fourth-order valence-electron chi connectivity index (χ4n) is 3.28. The number of hydrogen-bond donors (Lipinski definition) is 1. The Labute approximate surface area is 121 Å². The van der Waals surface area contributed by atoms with Gasteiger partial charge in [0.2, 0.25) is 0 Å². The summed E-state index contributed by atoms with van der Waals surface area (Å²) >= 11 is 0. The molecule has 3 rings (SSSR count). The van der Waals surface area contributed by atoms with Crippen LogP contribution in [0.1, 0.15) is 43.9 Å². The van der Waals surface area contributed by atoms with Gasteiger partial charge in [0.25, 0.3) is 0 Å². The topological polar surface area (TPSA) is 37.4 Å². The minimum Gasteiger partial charge on any atom is -0.377 e. The van der Waals surface area contributed by atoms with E-state index >= 15 is 0 Å². The van der Waals surface area contributed by atoms with Crippen LogP contribution in [-0.2, 0) is 11.3 Å². The third-order valence-corrected chi connectivity index (χ3v) is 4.37. The summed E-state index contributed by atoms with van der Waals surface area (Å²) in [6.07, 6.45) is 2.37. The maximum atomic E-state index is 5.64. The van der Waals surface area contributed by atoms with Crippen LogP contribution in [0.5, 0.6) is 0 Å². The molecule has 1 fully saturated rings. The van der Waals surface area contributed by atoms with Gasteiger partial charge in [0.1, 0.15) is 5.82 Å². The lowest BCUT2D eigenvalue weighted by Crippen LogP contribution is -2.46. The van der Waals surface area contributed by atoms with Crippen molar-refractivity contribution in [2.75, 3.05) is 31.2 Å². The van der Waals surface area contributed by atoms with E-state index in [2.05, 4.69) is 36.2 Å². The molecule has 110 valence electrons. The van der Waals surface area contributed by atoms with Crippen LogP contribution in [0.3, 0.4) is 0 Å². The maximum Gasteiger partial charge on any atom is 0.129 e. The Hall–Kier alpha value is -1.13. The summed E-state index contributed by atoms with van der Waals surface area (Å²) in [6.45, 7) is 9.09. The number of fused-ring (bicyclic) bond motifs is 1. The van der Waals surface area contributed by atoms with Gasteiger partial charge in [-0.05, 0) is 18.1 Å². The van der Waals surface area contributed by atoms with Crippen molar-refractivity contribution in [1.82, 2.24) is 10.3 Å². The molecule has 2 atom stereocenters. The Morgan fingerprint density at radius 3 is 3.20 bits per heavy atom. The van der Waals surface area contributed by atoms with Crippen molar-refractivity contribution in [3.63, 3.8) is 0 Å². The normalized spacial score (nSPS) is 26.4. The van der Waals surface area contributed by atoms with E-state index in [-0.39, 0.29) is 0 Å². The Morgan fingerprint density at radius 2 is 2.35 bits per heavy atom. The Balaban J connectivity index is 1.87. The van der Waals surface area contributed by atoms with Crippen molar-refractivity contribution in [1.29, 1.82) is 0 Å². The van der Waals surface area contributed by atoms with Gasteiger partial charge < -0.3 is 15.0 Å². The highest BCUT2D eigenvalue weighted by molar-refractivity contribution is 5.44. The molecule has 1 aromatic heterocycles. The Morgan fingerprint density at radius 1 is 1.45 bits per heavy atom. The highest BCUT2D eigenvalue weighted by atomic mass is 16.5. The van der Waals surface area contributed by atoms with E-state index in [1.807, 2.05) is 0 Å². The molecule has 0 spiro atoms. The predicted molar refractivity (Wildman–Crippen MR) is 81.2 cm³/mol. The minimum atomic E-state index is 0.483. The van der Waals surface area contributed by atoms with E-state index in [9.17, 15) is 0 Å². The van der Waals surface area contributed by atoms with E-state index in [1.54, 1.807) is 0 Å². The molecule has 2 aliphatic heterocycles. The van der Waals surface area contributed by atoms with Crippen LogP contribution >= 0.6 is 0 Å². The van der Waals surface area contributed by atoms with Crippen LogP contribution in [0.25, 0.3) is 0 Å². The molecule has 0 aliphatic carbocycles. The van der Waals surface area contributed by atoms with Crippen molar-refractivity contribution in [2.45, 2.75) is 45.2 Å². The molecule has 0 aromatic carbocycles. The quantitative estimate of drug-likeness (QED) is 0.918. The molecule has 0 bridgehead atoms. The average Bonchev–Trinajstić information content (AvgIpc) is 2.48. The summed E-state index contributed by atoms with van der Waals surface area (Å²) < 4.78 is 5.64. The van der Waals surface area contributed by atoms with Crippen LogP contribution in [0.15, 0.2) is 12.1 Å². The first-order valence-corrected chi connectivity index (χ1v) is 7.84. The van der Waals surface area contributed by atoms with Crippen LogP contribution in [0, 0.1) is 0 Å². The number of aromatic nitrogens is 1. The standard InChI is InChI=1S/C16H25N3O/c1-3-4-14-11-20-8-7-19(14)15-6-5-13-10-17-9-12(2)16(13)18-15/h5-6,12,14,17H,3-4,7-11H2,1-2H3. The summed E-state index contributed by atoms with van der Waals surface area (Å²) in [4.78, 5) is 7.43. The molecule has 0 saturated carbocycles. The average molecular weight is 275 g/mol. The van der Waals surface area contributed by atoms with E-state index < -0.39 is 0 Å². The van der Waals surface area contributed by atoms with Gasteiger partial charge in [0, 0.05) is 25.6 Å². The smallest absolute Gasteiger partial charge is 0.129 e. The van der Waals surface area contributed by atoms with E-state index in [0.717, 1.165) is 38.7 Å². The summed E-state index contributed by atoms with van der Waals surface area (Å²) in [5, 5.41) is 3.45. The number of nitrogens with zero attached hydrogens (tertiary/aromatic N) is 2. The zero-order chi connectivity index (χ0) is 13.9. The summed E-state index contributed by atoms with van der Waals surface area (Å²) in [6, 6.07) is 4.92. The number of ether oxygens (including phenoxy) is 1. The molecule has 4 heteroatoms. The maximum absolute atomic E-state index is 5.64. The second-order valence-corrected chi connectivity index (χ2v) is 5.96. The zero-order valence-electron chi connectivity index (χ0n) is 12.6. The van der Waals surface area contributed by atoms with E-state index in [0.29, 0.717) is 12.0 Å².